The normalized spacial score (nSPS) is 15.4. The molecular formula is C31H23Cl2FN2O2S. The highest BCUT2D eigenvalue weighted by atomic mass is 35.5. The topological polar surface area (TPSA) is 41.9 Å². The van der Waals surface area contributed by atoms with Gasteiger partial charge in [0.05, 0.1) is 16.3 Å². The van der Waals surface area contributed by atoms with Crippen molar-refractivity contribution in [2.75, 3.05) is 4.90 Å². The van der Waals surface area contributed by atoms with Crippen molar-refractivity contribution in [1.82, 2.24) is 0 Å². The van der Waals surface area contributed by atoms with Gasteiger partial charge in [0.25, 0.3) is 5.91 Å². The van der Waals surface area contributed by atoms with E-state index in [4.69, 9.17) is 32.9 Å². The Morgan fingerprint density at radius 3 is 2.33 bits per heavy atom. The Labute approximate surface area is 240 Å². The van der Waals surface area contributed by atoms with Crippen LogP contribution in [0.3, 0.4) is 0 Å². The monoisotopic (exact) mass is 576 g/mol. The maximum atomic E-state index is 13.6. The molecule has 4 nitrogen and oxygen atoms in total. The second kappa shape index (κ2) is 11.7. The van der Waals surface area contributed by atoms with Crippen LogP contribution in [0.5, 0.6) is 5.75 Å². The van der Waals surface area contributed by atoms with Gasteiger partial charge >= 0.3 is 0 Å². The van der Waals surface area contributed by atoms with E-state index in [1.807, 2.05) is 74.5 Å². The van der Waals surface area contributed by atoms with E-state index in [9.17, 15) is 9.18 Å². The lowest BCUT2D eigenvalue weighted by atomic mass is 10.2. The van der Waals surface area contributed by atoms with Crippen molar-refractivity contribution in [2.24, 2.45) is 4.99 Å². The van der Waals surface area contributed by atoms with Crippen LogP contribution in [0.2, 0.25) is 10.0 Å². The molecule has 4 aromatic carbocycles. The predicted octanol–water partition coefficient (Wildman–Crippen LogP) is 9.14. The van der Waals surface area contributed by atoms with Crippen LogP contribution in [0.1, 0.15) is 22.3 Å². The Kier molecular flexibility index (Phi) is 8.07. The van der Waals surface area contributed by atoms with Gasteiger partial charge in [-0.05, 0) is 102 Å². The van der Waals surface area contributed by atoms with Gasteiger partial charge in [0.1, 0.15) is 18.2 Å². The molecule has 4 aromatic rings. The quantitative estimate of drug-likeness (QED) is 0.215. The van der Waals surface area contributed by atoms with Gasteiger partial charge in [0.2, 0.25) is 0 Å². The van der Waals surface area contributed by atoms with Gasteiger partial charge in [-0.2, -0.15) is 0 Å². The summed E-state index contributed by atoms with van der Waals surface area (Å²) in [7, 11) is 0. The maximum Gasteiger partial charge on any atom is 0.271 e. The molecule has 0 radical (unpaired) electrons. The van der Waals surface area contributed by atoms with Crippen LogP contribution in [0.4, 0.5) is 15.8 Å². The molecule has 1 saturated heterocycles. The summed E-state index contributed by atoms with van der Waals surface area (Å²) < 4.78 is 19.2. The molecule has 39 heavy (non-hydrogen) atoms. The second-order valence-corrected chi connectivity index (χ2v) is 10.8. The van der Waals surface area contributed by atoms with Gasteiger partial charge in [-0.3, -0.25) is 9.69 Å². The number of amidine groups is 1. The number of amides is 1. The van der Waals surface area contributed by atoms with Gasteiger partial charge in [0, 0.05) is 10.0 Å². The first-order valence-corrected chi connectivity index (χ1v) is 13.7. The Hall–Kier alpha value is -3.58. The van der Waals surface area contributed by atoms with Crippen molar-refractivity contribution in [3.63, 3.8) is 0 Å². The van der Waals surface area contributed by atoms with E-state index in [2.05, 4.69) is 0 Å². The summed E-state index contributed by atoms with van der Waals surface area (Å²) in [5.41, 5.74) is 4.70. The van der Waals surface area contributed by atoms with E-state index in [0.717, 1.165) is 22.3 Å². The zero-order valence-corrected chi connectivity index (χ0v) is 23.4. The third kappa shape index (κ3) is 6.36. The number of nitrogens with zero attached hydrogens (tertiary/aromatic N) is 2. The third-order valence-electron chi connectivity index (χ3n) is 6.07. The first-order chi connectivity index (χ1) is 18.8. The number of carbonyl (C=O) groups excluding carboxylic acids is 1. The van der Waals surface area contributed by atoms with Gasteiger partial charge < -0.3 is 4.74 Å². The van der Waals surface area contributed by atoms with Gasteiger partial charge in [-0.15, -0.1) is 0 Å². The molecule has 0 atom stereocenters. The van der Waals surface area contributed by atoms with Crippen LogP contribution in [-0.4, -0.2) is 11.1 Å². The lowest BCUT2D eigenvalue weighted by Crippen LogP contribution is -2.28. The Balaban J connectivity index is 1.42. The second-order valence-electron chi connectivity index (χ2n) is 9.00. The summed E-state index contributed by atoms with van der Waals surface area (Å²) >= 11 is 14.0. The number of anilines is 1. The number of halogens is 3. The number of thioether (sulfide) groups is 1. The Bertz CT molecular complexity index is 1620. The SMILES string of the molecule is Cc1ccc(N=C2S/C(=C/c3ccc(OCc4cccc(F)c4)cc3)C(=O)N2c2ccc(C)c(Cl)c2)cc1Cl. The van der Waals surface area contributed by atoms with E-state index in [1.54, 1.807) is 23.1 Å². The van der Waals surface area contributed by atoms with E-state index < -0.39 is 0 Å². The van der Waals surface area contributed by atoms with E-state index in [1.165, 1.54) is 23.9 Å². The van der Waals surface area contributed by atoms with E-state index in [0.29, 0.717) is 37.2 Å². The third-order valence-corrected chi connectivity index (χ3v) is 7.86. The van der Waals surface area contributed by atoms with Crippen LogP contribution < -0.4 is 9.64 Å². The highest BCUT2D eigenvalue weighted by Gasteiger charge is 2.35. The lowest BCUT2D eigenvalue weighted by Gasteiger charge is -2.16. The highest BCUT2D eigenvalue weighted by molar-refractivity contribution is 8.19. The molecule has 0 bridgehead atoms. The number of hydrogen-bond acceptors (Lipinski definition) is 4. The van der Waals surface area contributed by atoms with Crippen molar-refractivity contribution >= 4 is 63.5 Å². The summed E-state index contributed by atoms with van der Waals surface area (Å²) in [4.78, 5) is 20.4. The first kappa shape index (κ1) is 27.0. The highest BCUT2D eigenvalue weighted by Crippen LogP contribution is 2.39. The molecule has 5 rings (SSSR count). The molecule has 0 unspecified atom stereocenters. The van der Waals surface area contributed by atoms with Crippen molar-refractivity contribution < 1.29 is 13.9 Å². The Morgan fingerprint density at radius 2 is 1.64 bits per heavy atom. The summed E-state index contributed by atoms with van der Waals surface area (Å²) in [6, 6.07) is 24.7. The molecule has 0 N–H and O–H groups in total. The number of carbonyl (C=O) groups is 1. The lowest BCUT2D eigenvalue weighted by molar-refractivity contribution is -0.113. The minimum atomic E-state index is -0.299. The summed E-state index contributed by atoms with van der Waals surface area (Å²) in [6.07, 6.45) is 1.82. The summed E-state index contributed by atoms with van der Waals surface area (Å²) in [6.45, 7) is 4.09. The van der Waals surface area contributed by atoms with E-state index >= 15 is 0 Å². The van der Waals surface area contributed by atoms with E-state index in [-0.39, 0.29) is 18.3 Å². The largest absolute Gasteiger partial charge is 0.489 e. The summed E-state index contributed by atoms with van der Waals surface area (Å²) in [5.74, 6) is 0.136. The zero-order chi connectivity index (χ0) is 27.5. The molecule has 0 aliphatic carbocycles. The van der Waals surface area contributed by atoms with Crippen molar-refractivity contribution in [3.8, 4) is 5.75 Å². The van der Waals surface area contributed by atoms with Crippen LogP contribution in [0.25, 0.3) is 6.08 Å². The maximum absolute atomic E-state index is 13.6. The molecule has 0 aromatic heterocycles. The van der Waals surface area contributed by atoms with Crippen LogP contribution in [-0.2, 0) is 11.4 Å². The number of ether oxygens (including phenoxy) is 1. The first-order valence-electron chi connectivity index (χ1n) is 12.1. The predicted molar refractivity (Wildman–Crippen MR) is 160 cm³/mol. The van der Waals surface area contributed by atoms with Crippen LogP contribution in [0, 0.1) is 19.7 Å². The molecule has 1 aliphatic rings. The fraction of sp³-hybridized carbons (Fsp3) is 0.0968. The van der Waals surface area contributed by atoms with Crippen LogP contribution in [0.15, 0.2) is 94.8 Å². The molecule has 1 heterocycles. The van der Waals surface area contributed by atoms with Crippen molar-refractivity contribution in [3.05, 3.63) is 128 Å². The fourth-order valence-electron chi connectivity index (χ4n) is 3.86. The molecule has 0 spiro atoms. The van der Waals surface area contributed by atoms with Gasteiger partial charge in [-0.1, -0.05) is 59.6 Å². The molecule has 196 valence electrons. The van der Waals surface area contributed by atoms with Crippen molar-refractivity contribution in [1.29, 1.82) is 0 Å². The average molecular weight is 578 g/mol. The smallest absolute Gasteiger partial charge is 0.271 e. The number of benzene rings is 4. The standard InChI is InChI=1S/C31H23Cl2FN2O2S/c1-19-6-10-24(16-27(19)32)35-31-36(25-11-7-20(2)28(33)17-25)30(37)29(39-31)15-21-8-12-26(13-9-21)38-18-22-4-3-5-23(34)14-22/h3-17H,18H2,1-2H3/b29-15+,35-31?. The molecular weight excluding hydrogens is 554 g/mol. The number of aryl methyl sites for hydroxylation is 2. The fourth-order valence-corrected chi connectivity index (χ4v) is 5.21. The van der Waals surface area contributed by atoms with Crippen LogP contribution >= 0.6 is 35.0 Å². The molecule has 1 fully saturated rings. The minimum absolute atomic E-state index is 0.205. The average Bonchev–Trinajstić information content (AvgIpc) is 3.21. The zero-order valence-electron chi connectivity index (χ0n) is 21.1. The number of aliphatic imine (C=N–C) groups is 1. The van der Waals surface area contributed by atoms with Crippen molar-refractivity contribution in [2.45, 2.75) is 20.5 Å². The minimum Gasteiger partial charge on any atom is -0.489 e. The number of hydrogen-bond donors (Lipinski definition) is 0. The summed E-state index contributed by atoms with van der Waals surface area (Å²) in [5, 5.41) is 1.67. The Morgan fingerprint density at radius 1 is 0.923 bits per heavy atom. The number of rotatable bonds is 6. The molecule has 8 heteroatoms. The van der Waals surface area contributed by atoms with Gasteiger partial charge in [-0.25, -0.2) is 9.38 Å². The van der Waals surface area contributed by atoms with Gasteiger partial charge in [0.15, 0.2) is 5.17 Å². The molecule has 1 aliphatic heterocycles. The molecule has 1 amide bonds. The molecule has 0 saturated carbocycles.